The van der Waals surface area contributed by atoms with Gasteiger partial charge in [0.2, 0.25) is 5.91 Å². The van der Waals surface area contributed by atoms with Gasteiger partial charge in [-0.25, -0.2) is 4.39 Å². The summed E-state index contributed by atoms with van der Waals surface area (Å²) < 4.78 is 12.9. The van der Waals surface area contributed by atoms with Crippen LogP contribution in [0.25, 0.3) is 0 Å². The number of rotatable bonds is 5. The predicted molar refractivity (Wildman–Crippen MR) is 89.2 cm³/mol. The normalized spacial score (nSPS) is 18.1. The third-order valence-electron chi connectivity index (χ3n) is 4.12. The fourth-order valence-electron chi connectivity index (χ4n) is 2.65. The van der Waals surface area contributed by atoms with E-state index in [1.807, 2.05) is 6.07 Å². The van der Waals surface area contributed by atoms with Crippen LogP contribution in [-0.4, -0.2) is 24.4 Å². The summed E-state index contributed by atoms with van der Waals surface area (Å²) in [5.74, 6) is -0.726. The lowest BCUT2D eigenvalue weighted by Crippen LogP contribution is -2.38. The molecule has 2 aromatic carbocycles. The van der Waals surface area contributed by atoms with Crippen LogP contribution in [0.3, 0.4) is 0 Å². The van der Waals surface area contributed by atoms with Gasteiger partial charge in [-0.2, -0.15) is 5.26 Å². The van der Waals surface area contributed by atoms with Crippen molar-refractivity contribution in [3.63, 3.8) is 0 Å². The second kappa shape index (κ2) is 7.14. The minimum absolute atomic E-state index is 0.0183. The maximum atomic E-state index is 12.9. The number of carbonyl (C=O) groups excluding carboxylic acids is 2. The molecule has 126 valence electrons. The first-order chi connectivity index (χ1) is 12.1. The third kappa shape index (κ3) is 4.21. The minimum atomic E-state index is -0.370. The zero-order valence-corrected chi connectivity index (χ0v) is 13.3. The van der Waals surface area contributed by atoms with E-state index in [9.17, 15) is 14.0 Å². The van der Waals surface area contributed by atoms with E-state index in [1.165, 1.54) is 24.3 Å². The van der Waals surface area contributed by atoms with Gasteiger partial charge in [0.25, 0.3) is 5.91 Å². The molecule has 0 aromatic heterocycles. The molecular weight excluding hydrogens is 321 g/mol. The summed E-state index contributed by atoms with van der Waals surface area (Å²) in [5, 5.41) is 14.1. The molecule has 2 N–H and O–H groups in total. The van der Waals surface area contributed by atoms with Crippen molar-refractivity contribution in [3.05, 3.63) is 71.0 Å². The predicted octanol–water partition coefficient (Wildman–Crippen LogP) is 2.10. The summed E-state index contributed by atoms with van der Waals surface area (Å²) in [5.41, 5.74) is 1.85. The van der Waals surface area contributed by atoms with Crippen LogP contribution in [0.15, 0.2) is 48.5 Å². The molecule has 3 rings (SSSR count). The molecule has 1 aliphatic carbocycles. The Morgan fingerprint density at radius 3 is 2.44 bits per heavy atom. The number of hydrogen-bond donors (Lipinski definition) is 2. The molecule has 5 nitrogen and oxygen atoms in total. The highest BCUT2D eigenvalue weighted by Gasteiger charge is 2.39. The molecule has 2 aromatic rings. The highest BCUT2D eigenvalue weighted by atomic mass is 19.1. The summed E-state index contributed by atoms with van der Waals surface area (Å²) in [6.45, 7) is -0.120. The van der Waals surface area contributed by atoms with Crippen molar-refractivity contribution in [1.29, 1.82) is 5.26 Å². The lowest BCUT2D eigenvalue weighted by molar-refractivity contribution is -0.120. The molecule has 25 heavy (non-hydrogen) atoms. The van der Waals surface area contributed by atoms with Gasteiger partial charge in [0, 0.05) is 17.5 Å². The Bertz CT molecular complexity index is 825. The quantitative estimate of drug-likeness (QED) is 0.876. The average molecular weight is 337 g/mol. The number of amides is 2. The fraction of sp³-hybridized carbons (Fsp3) is 0.211. The van der Waals surface area contributed by atoms with E-state index in [1.54, 1.807) is 24.3 Å². The Morgan fingerprint density at radius 1 is 1.12 bits per heavy atom. The van der Waals surface area contributed by atoms with Gasteiger partial charge in [-0.1, -0.05) is 12.1 Å². The molecule has 2 amide bonds. The van der Waals surface area contributed by atoms with Crippen molar-refractivity contribution < 1.29 is 14.0 Å². The van der Waals surface area contributed by atoms with Crippen molar-refractivity contribution >= 4 is 11.8 Å². The number of carbonyl (C=O) groups is 2. The lowest BCUT2D eigenvalue weighted by Gasteiger charge is -2.07. The molecule has 2 atom stereocenters. The van der Waals surface area contributed by atoms with Gasteiger partial charge < -0.3 is 10.6 Å². The van der Waals surface area contributed by atoms with Crippen molar-refractivity contribution in [1.82, 2.24) is 10.6 Å². The number of benzene rings is 2. The van der Waals surface area contributed by atoms with Gasteiger partial charge in [0.1, 0.15) is 5.82 Å². The second-order valence-electron chi connectivity index (χ2n) is 5.94. The maximum absolute atomic E-state index is 12.9. The van der Waals surface area contributed by atoms with E-state index in [4.69, 9.17) is 5.26 Å². The van der Waals surface area contributed by atoms with Gasteiger partial charge in [-0.15, -0.1) is 0 Å². The van der Waals surface area contributed by atoms with Crippen LogP contribution in [-0.2, 0) is 4.79 Å². The zero-order valence-electron chi connectivity index (χ0n) is 13.3. The SMILES string of the molecule is N#Cc1ccc(C(=O)NCC(=O)NC2CC2c2ccc(F)cc2)cc1. The van der Waals surface area contributed by atoms with Crippen LogP contribution in [0.1, 0.15) is 33.8 Å². The number of hydrogen-bond acceptors (Lipinski definition) is 3. The smallest absolute Gasteiger partial charge is 0.251 e. The summed E-state index contributed by atoms with van der Waals surface area (Å²) in [6, 6.07) is 14.4. The summed E-state index contributed by atoms with van der Waals surface area (Å²) >= 11 is 0. The fourth-order valence-corrected chi connectivity index (χ4v) is 2.65. The van der Waals surface area contributed by atoms with Gasteiger partial charge in [0.15, 0.2) is 0 Å². The third-order valence-corrected chi connectivity index (χ3v) is 4.12. The van der Waals surface area contributed by atoms with E-state index >= 15 is 0 Å². The molecule has 0 heterocycles. The topological polar surface area (TPSA) is 82.0 Å². The standard InChI is InChI=1S/C19H16FN3O2/c20-15-7-5-13(6-8-15)16-9-17(16)23-18(24)11-22-19(25)14-3-1-12(10-21)2-4-14/h1-8,16-17H,9,11H2,(H,22,25)(H,23,24). The first-order valence-electron chi connectivity index (χ1n) is 7.90. The highest BCUT2D eigenvalue weighted by molar-refractivity contribution is 5.96. The lowest BCUT2D eigenvalue weighted by atomic mass is 10.1. The van der Waals surface area contributed by atoms with E-state index in [2.05, 4.69) is 10.6 Å². The van der Waals surface area contributed by atoms with Crippen LogP contribution in [0.2, 0.25) is 0 Å². The molecule has 0 bridgehead atoms. The Labute approximate surface area is 144 Å². The molecule has 2 unspecified atom stereocenters. The molecule has 1 saturated carbocycles. The Balaban J connectivity index is 1.45. The minimum Gasteiger partial charge on any atom is -0.351 e. The van der Waals surface area contributed by atoms with Crippen LogP contribution in [0, 0.1) is 17.1 Å². The van der Waals surface area contributed by atoms with E-state index in [0.29, 0.717) is 11.1 Å². The summed E-state index contributed by atoms with van der Waals surface area (Å²) in [6.07, 6.45) is 0.806. The Hall–Kier alpha value is -3.20. The molecular formula is C19H16FN3O2. The largest absolute Gasteiger partial charge is 0.351 e. The Kier molecular flexibility index (Phi) is 4.75. The van der Waals surface area contributed by atoms with E-state index in [-0.39, 0.29) is 36.1 Å². The zero-order chi connectivity index (χ0) is 17.8. The molecule has 1 aliphatic rings. The first kappa shape index (κ1) is 16.7. The number of nitriles is 1. The van der Waals surface area contributed by atoms with E-state index in [0.717, 1.165) is 12.0 Å². The molecule has 0 spiro atoms. The molecule has 0 saturated heterocycles. The summed E-state index contributed by atoms with van der Waals surface area (Å²) in [7, 11) is 0. The molecule has 1 fully saturated rings. The van der Waals surface area contributed by atoms with Crippen molar-refractivity contribution in [2.45, 2.75) is 18.4 Å². The number of nitrogens with one attached hydrogen (secondary N) is 2. The number of halogens is 1. The first-order valence-corrected chi connectivity index (χ1v) is 7.90. The van der Waals surface area contributed by atoms with Crippen LogP contribution in [0.4, 0.5) is 4.39 Å². The van der Waals surface area contributed by atoms with Crippen LogP contribution < -0.4 is 10.6 Å². The van der Waals surface area contributed by atoms with Crippen molar-refractivity contribution in [2.24, 2.45) is 0 Å². The molecule has 0 aliphatic heterocycles. The second-order valence-corrected chi connectivity index (χ2v) is 5.94. The Morgan fingerprint density at radius 2 is 1.80 bits per heavy atom. The monoisotopic (exact) mass is 337 g/mol. The van der Waals surface area contributed by atoms with Crippen LogP contribution in [0.5, 0.6) is 0 Å². The van der Waals surface area contributed by atoms with Gasteiger partial charge in [0.05, 0.1) is 18.2 Å². The van der Waals surface area contributed by atoms with Crippen molar-refractivity contribution in [2.75, 3.05) is 6.54 Å². The highest BCUT2D eigenvalue weighted by Crippen LogP contribution is 2.40. The molecule has 0 radical (unpaired) electrons. The van der Waals surface area contributed by atoms with Gasteiger partial charge >= 0.3 is 0 Å². The maximum Gasteiger partial charge on any atom is 0.251 e. The molecule has 6 heteroatoms. The van der Waals surface area contributed by atoms with Crippen molar-refractivity contribution in [3.8, 4) is 6.07 Å². The average Bonchev–Trinajstić information content (AvgIpc) is 3.39. The van der Waals surface area contributed by atoms with Crippen LogP contribution >= 0.6 is 0 Å². The summed E-state index contributed by atoms with van der Waals surface area (Å²) in [4.78, 5) is 23.9. The van der Waals surface area contributed by atoms with E-state index < -0.39 is 0 Å². The number of nitrogens with zero attached hydrogens (tertiary/aromatic N) is 1. The van der Waals surface area contributed by atoms with Gasteiger partial charge in [-0.3, -0.25) is 9.59 Å². The van der Waals surface area contributed by atoms with Gasteiger partial charge in [-0.05, 0) is 48.4 Å².